The van der Waals surface area contributed by atoms with Gasteiger partial charge in [0.2, 0.25) is 11.8 Å². The number of nitrogens with one attached hydrogen (secondary N) is 1. The Morgan fingerprint density at radius 1 is 0.875 bits per heavy atom. The van der Waals surface area contributed by atoms with Gasteiger partial charge in [-0.15, -0.1) is 0 Å². The minimum atomic E-state index is -4.57. The monoisotopic (exact) mass is 550 g/mol. The number of alkyl halides is 3. The maximum Gasteiger partial charge on any atom is 0.416 e. The molecule has 1 aliphatic carbocycles. The van der Waals surface area contributed by atoms with Crippen LogP contribution in [0.25, 0.3) is 0 Å². The van der Waals surface area contributed by atoms with Gasteiger partial charge in [-0.05, 0) is 67.1 Å². The van der Waals surface area contributed by atoms with Crippen LogP contribution in [-0.4, -0.2) is 30.3 Å². The van der Waals surface area contributed by atoms with E-state index in [-0.39, 0.29) is 34.7 Å². The molecule has 2 fully saturated rings. The molecule has 1 heterocycles. The number of nitrogens with zero attached hydrogens (tertiary/aromatic N) is 1. The molecule has 1 N–H and O–H groups in total. The van der Waals surface area contributed by atoms with Crippen LogP contribution < -0.4 is 10.2 Å². The Balaban J connectivity index is 1.22. The van der Waals surface area contributed by atoms with Crippen molar-refractivity contribution in [2.24, 2.45) is 11.8 Å². The number of halogens is 3. The molecule has 0 radical (unpaired) electrons. The summed E-state index contributed by atoms with van der Waals surface area (Å²) in [6.07, 6.45) is -2.61. The average Bonchev–Trinajstić information content (AvgIpc) is 3.20. The van der Waals surface area contributed by atoms with Gasteiger partial charge >= 0.3 is 12.1 Å². The minimum absolute atomic E-state index is 0.0157. The summed E-state index contributed by atoms with van der Waals surface area (Å²) in [4.78, 5) is 52.5. The number of rotatable bonds is 6. The largest absolute Gasteiger partial charge is 0.452 e. The highest BCUT2D eigenvalue weighted by Crippen LogP contribution is 2.45. The molecule has 1 saturated carbocycles. The number of benzene rings is 3. The fourth-order valence-corrected chi connectivity index (χ4v) is 5.42. The van der Waals surface area contributed by atoms with Crippen molar-refractivity contribution in [1.82, 2.24) is 0 Å². The van der Waals surface area contributed by atoms with Crippen molar-refractivity contribution in [1.29, 1.82) is 0 Å². The number of imide groups is 1. The van der Waals surface area contributed by atoms with Crippen LogP contribution in [0.4, 0.5) is 24.5 Å². The lowest BCUT2D eigenvalue weighted by atomic mass is 9.73. The quantitative estimate of drug-likeness (QED) is 0.320. The second kappa shape index (κ2) is 11.0. The van der Waals surface area contributed by atoms with Crippen LogP contribution in [-0.2, 0) is 25.3 Å². The van der Waals surface area contributed by atoms with Crippen molar-refractivity contribution in [3.05, 3.63) is 95.6 Å². The SMILES string of the molecule is O=C(COC(=O)c1cccc(N2C(=O)[C@H]3C[C@H](c4ccccc4)CC[C@H]3C2=O)c1)Nc1cccc(C(F)(F)F)c1. The molecule has 206 valence electrons. The Morgan fingerprint density at radius 3 is 2.35 bits per heavy atom. The predicted octanol–water partition coefficient (Wildman–Crippen LogP) is 5.57. The van der Waals surface area contributed by atoms with E-state index in [1.54, 1.807) is 6.07 Å². The van der Waals surface area contributed by atoms with Gasteiger partial charge in [0.15, 0.2) is 6.61 Å². The molecule has 0 bridgehead atoms. The standard InChI is InChI=1S/C30H25F3N2O5/c31-30(32,33)21-9-5-10-22(16-21)34-26(36)17-40-29(39)20-8-4-11-23(14-20)35-27(37)24-13-12-19(15-25(24)28(35)38)18-6-2-1-3-7-18/h1-11,14,16,19,24-25H,12-13,15,17H2,(H,34,36)/t19-,24-,25+/m1/s1. The summed E-state index contributed by atoms with van der Waals surface area (Å²) in [6, 6.07) is 19.8. The number of amides is 3. The van der Waals surface area contributed by atoms with Crippen LogP contribution in [0.1, 0.15) is 46.7 Å². The molecule has 1 saturated heterocycles. The Bertz CT molecular complexity index is 1460. The van der Waals surface area contributed by atoms with Crippen LogP contribution in [0, 0.1) is 11.8 Å². The minimum Gasteiger partial charge on any atom is -0.452 e. The molecule has 40 heavy (non-hydrogen) atoms. The van der Waals surface area contributed by atoms with Gasteiger partial charge in [-0.2, -0.15) is 13.2 Å². The topological polar surface area (TPSA) is 92.8 Å². The number of anilines is 2. The molecule has 3 aromatic carbocycles. The molecule has 3 amide bonds. The number of hydrogen-bond donors (Lipinski definition) is 1. The van der Waals surface area contributed by atoms with Gasteiger partial charge < -0.3 is 10.1 Å². The van der Waals surface area contributed by atoms with E-state index in [0.717, 1.165) is 35.1 Å². The zero-order valence-corrected chi connectivity index (χ0v) is 21.2. The van der Waals surface area contributed by atoms with Crippen LogP contribution in [0.15, 0.2) is 78.9 Å². The van der Waals surface area contributed by atoms with E-state index < -0.39 is 42.1 Å². The second-order valence-electron chi connectivity index (χ2n) is 9.90. The molecule has 3 aromatic rings. The fraction of sp³-hybridized carbons (Fsp3) is 0.267. The number of carbonyl (C=O) groups excluding carboxylic acids is 4. The zero-order valence-electron chi connectivity index (χ0n) is 21.2. The van der Waals surface area contributed by atoms with Gasteiger partial charge in [-0.1, -0.05) is 42.5 Å². The smallest absolute Gasteiger partial charge is 0.416 e. The summed E-state index contributed by atoms with van der Waals surface area (Å²) >= 11 is 0. The lowest BCUT2D eigenvalue weighted by molar-refractivity contribution is -0.137. The Labute approximate surface area is 227 Å². The summed E-state index contributed by atoms with van der Waals surface area (Å²) < 4.78 is 43.7. The Morgan fingerprint density at radius 2 is 1.60 bits per heavy atom. The average molecular weight is 551 g/mol. The zero-order chi connectivity index (χ0) is 28.4. The first-order chi connectivity index (χ1) is 19.1. The van der Waals surface area contributed by atoms with Crippen molar-refractivity contribution in [3.8, 4) is 0 Å². The highest BCUT2D eigenvalue weighted by Gasteiger charge is 2.50. The first-order valence-corrected chi connectivity index (χ1v) is 12.8. The lowest BCUT2D eigenvalue weighted by Gasteiger charge is -2.28. The van der Waals surface area contributed by atoms with E-state index in [0.29, 0.717) is 12.8 Å². The molecule has 7 nitrogen and oxygen atoms in total. The van der Waals surface area contributed by atoms with Crippen molar-refractivity contribution >= 4 is 35.1 Å². The molecular weight excluding hydrogens is 525 g/mol. The van der Waals surface area contributed by atoms with Gasteiger partial charge in [0.25, 0.3) is 5.91 Å². The fourth-order valence-electron chi connectivity index (χ4n) is 5.42. The summed E-state index contributed by atoms with van der Waals surface area (Å²) in [5.74, 6) is -2.99. The maximum atomic E-state index is 13.3. The van der Waals surface area contributed by atoms with E-state index in [2.05, 4.69) is 5.32 Å². The van der Waals surface area contributed by atoms with Crippen molar-refractivity contribution in [2.75, 3.05) is 16.8 Å². The normalized spacial score (nSPS) is 20.7. The van der Waals surface area contributed by atoms with Crippen LogP contribution in [0.3, 0.4) is 0 Å². The van der Waals surface area contributed by atoms with Crippen LogP contribution in [0.2, 0.25) is 0 Å². The molecule has 5 rings (SSSR count). The molecule has 10 heteroatoms. The molecule has 3 atom stereocenters. The highest BCUT2D eigenvalue weighted by atomic mass is 19.4. The third kappa shape index (κ3) is 5.61. The number of fused-ring (bicyclic) bond motifs is 1. The summed E-state index contributed by atoms with van der Waals surface area (Å²) in [6.45, 7) is -0.744. The summed E-state index contributed by atoms with van der Waals surface area (Å²) in [5.41, 5.74) is 0.368. The van der Waals surface area contributed by atoms with Crippen LogP contribution in [0.5, 0.6) is 0 Å². The molecular formula is C30H25F3N2O5. The van der Waals surface area contributed by atoms with Gasteiger partial charge in [0.05, 0.1) is 28.7 Å². The second-order valence-corrected chi connectivity index (χ2v) is 9.90. The summed E-state index contributed by atoms with van der Waals surface area (Å²) in [5, 5.41) is 2.26. The third-order valence-electron chi connectivity index (χ3n) is 7.34. The van der Waals surface area contributed by atoms with Crippen molar-refractivity contribution in [2.45, 2.75) is 31.4 Å². The van der Waals surface area contributed by atoms with E-state index in [4.69, 9.17) is 4.74 Å². The van der Waals surface area contributed by atoms with Gasteiger partial charge in [0.1, 0.15) is 0 Å². The molecule has 0 aromatic heterocycles. The Kier molecular flexibility index (Phi) is 7.42. The molecule has 0 unspecified atom stereocenters. The predicted molar refractivity (Wildman–Crippen MR) is 139 cm³/mol. The van der Waals surface area contributed by atoms with Gasteiger partial charge in [0, 0.05) is 5.69 Å². The first kappa shape index (κ1) is 27.1. The molecule has 1 aliphatic heterocycles. The van der Waals surface area contributed by atoms with Gasteiger partial charge in [-0.3, -0.25) is 19.3 Å². The van der Waals surface area contributed by atoms with Crippen molar-refractivity contribution < 1.29 is 37.1 Å². The van der Waals surface area contributed by atoms with E-state index >= 15 is 0 Å². The van der Waals surface area contributed by atoms with Crippen molar-refractivity contribution in [3.63, 3.8) is 0 Å². The number of hydrogen-bond acceptors (Lipinski definition) is 5. The summed E-state index contributed by atoms with van der Waals surface area (Å²) in [7, 11) is 0. The third-order valence-corrected chi connectivity index (χ3v) is 7.34. The van der Waals surface area contributed by atoms with Crippen LogP contribution >= 0.6 is 0 Å². The number of ether oxygens (including phenoxy) is 1. The maximum absolute atomic E-state index is 13.3. The highest BCUT2D eigenvalue weighted by molar-refractivity contribution is 6.22. The van der Waals surface area contributed by atoms with Gasteiger partial charge in [-0.25, -0.2) is 4.79 Å². The first-order valence-electron chi connectivity index (χ1n) is 12.8. The lowest BCUT2D eigenvalue weighted by Crippen LogP contribution is -2.31. The number of carbonyl (C=O) groups is 4. The molecule has 2 aliphatic rings. The van der Waals surface area contributed by atoms with E-state index in [9.17, 15) is 32.3 Å². The molecule has 0 spiro atoms. The van der Waals surface area contributed by atoms with E-state index in [1.807, 2.05) is 30.3 Å². The Hall–Kier alpha value is -4.47. The van der Waals surface area contributed by atoms with E-state index in [1.165, 1.54) is 24.3 Å². The number of esters is 1.